The van der Waals surface area contributed by atoms with Gasteiger partial charge in [-0.3, -0.25) is 9.67 Å². The van der Waals surface area contributed by atoms with Gasteiger partial charge in [-0.1, -0.05) is 0 Å². The summed E-state index contributed by atoms with van der Waals surface area (Å²) in [5.41, 5.74) is 3.46. The molecule has 0 atom stereocenters. The lowest BCUT2D eigenvalue weighted by Crippen LogP contribution is -2.28. The molecule has 0 unspecified atom stereocenters. The molecule has 0 saturated carbocycles. The maximum absolute atomic E-state index is 12.0. The predicted molar refractivity (Wildman–Crippen MR) is 95.3 cm³/mol. The molecule has 3 aromatic rings. The second kappa shape index (κ2) is 7.48. The van der Waals surface area contributed by atoms with E-state index in [1.165, 1.54) is 0 Å². The number of hydrogen-bond acceptors (Lipinski definition) is 4. The number of carbonyl (C=O) groups excluding carboxylic acids is 1. The van der Waals surface area contributed by atoms with Crippen molar-refractivity contribution in [2.45, 2.75) is 6.54 Å². The molecule has 0 fully saturated rings. The van der Waals surface area contributed by atoms with Gasteiger partial charge in [-0.15, -0.1) is 0 Å². The summed E-state index contributed by atoms with van der Waals surface area (Å²) in [5, 5.41) is 9.99. The van der Waals surface area contributed by atoms with Gasteiger partial charge in [0.2, 0.25) is 0 Å². The van der Waals surface area contributed by atoms with E-state index in [9.17, 15) is 4.79 Å². The van der Waals surface area contributed by atoms with E-state index in [0.717, 1.165) is 22.7 Å². The highest BCUT2D eigenvalue weighted by Crippen LogP contribution is 2.19. The normalized spacial score (nSPS) is 10.3. The fourth-order valence-electron chi connectivity index (χ4n) is 2.43. The zero-order valence-electron chi connectivity index (χ0n) is 14.1. The second-order valence-corrected chi connectivity index (χ2v) is 5.42. The molecule has 0 spiro atoms. The summed E-state index contributed by atoms with van der Waals surface area (Å²) in [4.78, 5) is 16.0. The van der Waals surface area contributed by atoms with Crippen LogP contribution in [0.1, 0.15) is 5.69 Å². The van der Waals surface area contributed by atoms with Crippen molar-refractivity contribution in [2.24, 2.45) is 7.05 Å². The number of amides is 2. The van der Waals surface area contributed by atoms with Gasteiger partial charge in [-0.25, -0.2) is 4.79 Å². The first-order valence-electron chi connectivity index (χ1n) is 7.78. The molecule has 0 aliphatic carbocycles. The van der Waals surface area contributed by atoms with Crippen LogP contribution in [0.4, 0.5) is 10.5 Å². The Balaban J connectivity index is 1.59. The summed E-state index contributed by atoms with van der Waals surface area (Å²) in [6.07, 6.45) is 3.48. The van der Waals surface area contributed by atoms with Crippen LogP contribution in [-0.4, -0.2) is 27.9 Å². The minimum Gasteiger partial charge on any atom is -0.497 e. The minimum atomic E-state index is -0.290. The molecule has 0 aliphatic heterocycles. The van der Waals surface area contributed by atoms with Gasteiger partial charge >= 0.3 is 6.03 Å². The monoisotopic (exact) mass is 337 g/mol. The van der Waals surface area contributed by atoms with Crippen molar-refractivity contribution in [3.05, 3.63) is 60.6 Å². The number of ether oxygens (including phenoxy) is 1. The van der Waals surface area contributed by atoms with Gasteiger partial charge in [0.1, 0.15) is 5.75 Å². The fraction of sp³-hybridized carbons (Fsp3) is 0.167. The number of anilines is 1. The average molecular weight is 337 g/mol. The Labute approximate surface area is 145 Å². The summed E-state index contributed by atoms with van der Waals surface area (Å²) in [5.74, 6) is 0.739. The molecule has 0 saturated heterocycles. The summed E-state index contributed by atoms with van der Waals surface area (Å²) < 4.78 is 6.87. The molecule has 2 amide bonds. The summed E-state index contributed by atoms with van der Waals surface area (Å²) >= 11 is 0. The summed E-state index contributed by atoms with van der Waals surface area (Å²) in [7, 11) is 3.47. The van der Waals surface area contributed by atoms with Gasteiger partial charge in [0.05, 0.1) is 25.0 Å². The Hall–Kier alpha value is -3.35. The van der Waals surface area contributed by atoms with E-state index in [1.54, 1.807) is 48.5 Å². The van der Waals surface area contributed by atoms with Crippen molar-refractivity contribution in [3.63, 3.8) is 0 Å². The maximum atomic E-state index is 12.0. The highest BCUT2D eigenvalue weighted by atomic mass is 16.5. The van der Waals surface area contributed by atoms with Crippen LogP contribution >= 0.6 is 0 Å². The zero-order chi connectivity index (χ0) is 17.6. The first-order chi connectivity index (χ1) is 12.2. The van der Waals surface area contributed by atoms with Crippen LogP contribution in [0.25, 0.3) is 11.3 Å². The van der Waals surface area contributed by atoms with Gasteiger partial charge in [0.15, 0.2) is 0 Å². The SMILES string of the molecule is COc1ccc(NC(=O)NCc2cc(-c3ccncc3)n(C)n2)cc1. The molecule has 2 N–H and O–H groups in total. The van der Waals surface area contributed by atoms with Crippen LogP contribution in [0.3, 0.4) is 0 Å². The second-order valence-electron chi connectivity index (χ2n) is 5.42. The van der Waals surface area contributed by atoms with Crippen LogP contribution in [0.15, 0.2) is 54.9 Å². The van der Waals surface area contributed by atoms with Crippen molar-refractivity contribution in [3.8, 4) is 17.0 Å². The van der Waals surface area contributed by atoms with Gasteiger partial charge in [0.25, 0.3) is 0 Å². The fourth-order valence-corrected chi connectivity index (χ4v) is 2.43. The number of pyridine rings is 1. The zero-order valence-corrected chi connectivity index (χ0v) is 14.1. The van der Waals surface area contributed by atoms with E-state index in [1.807, 2.05) is 25.2 Å². The van der Waals surface area contributed by atoms with Crippen molar-refractivity contribution < 1.29 is 9.53 Å². The molecular formula is C18H19N5O2. The van der Waals surface area contributed by atoms with Gasteiger partial charge in [0, 0.05) is 30.7 Å². The molecule has 7 nitrogen and oxygen atoms in total. The number of hydrogen-bond donors (Lipinski definition) is 2. The number of methoxy groups -OCH3 is 1. The Bertz CT molecular complexity index is 844. The van der Waals surface area contributed by atoms with Crippen molar-refractivity contribution in [1.29, 1.82) is 0 Å². The van der Waals surface area contributed by atoms with Crippen molar-refractivity contribution >= 4 is 11.7 Å². The molecule has 2 aromatic heterocycles. The lowest BCUT2D eigenvalue weighted by molar-refractivity contribution is 0.251. The molecule has 0 radical (unpaired) electrons. The van der Waals surface area contributed by atoms with Crippen molar-refractivity contribution in [2.75, 3.05) is 12.4 Å². The number of carbonyl (C=O) groups is 1. The van der Waals surface area contributed by atoms with Gasteiger partial charge < -0.3 is 15.4 Å². The quantitative estimate of drug-likeness (QED) is 0.750. The molecular weight excluding hydrogens is 318 g/mol. The molecule has 3 rings (SSSR count). The number of aromatic nitrogens is 3. The molecule has 0 bridgehead atoms. The molecule has 128 valence electrons. The topological polar surface area (TPSA) is 81.1 Å². The number of benzene rings is 1. The number of nitrogens with one attached hydrogen (secondary N) is 2. The van der Waals surface area contributed by atoms with Crippen LogP contribution in [0, 0.1) is 0 Å². The van der Waals surface area contributed by atoms with E-state index in [-0.39, 0.29) is 6.03 Å². The summed E-state index contributed by atoms with van der Waals surface area (Å²) in [6.45, 7) is 0.334. The number of aryl methyl sites for hydroxylation is 1. The Morgan fingerprint density at radius 1 is 1.16 bits per heavy atom. The van der Waals surface area contributed by atoms with E-state index < -0.39 is 0 Å². The van der Waals surface area contributed by atoms with Crippen molar-refractivity contribution in [1.82, 2.24) is 20.1 Å². The first-order valence-corrected chi connectivity index (χ1v) is 7.78. The molecule has 25 heavy (non-hydrogen) atoms. The minimum absolute atomic E-state index is 0.290. The average Bonchev–Trinajstić information content (AvgIpc) is 3.02. The van der Waals surface area contributed by atoms with E-state index in [0.29, 0.717) is 12.2 Å². The molecule has 0 aliphatic rings. The van der Waals surface area contributed by atoms with Crippen LogP contribution in [0.2, 0.25) is 0 Å². The standard InChI is InChI=1S/C18H19N5O2/c1-23-17(13-7-9-19-10-8-13)11-15(22-23)12-20-18(24)21-14-3-5-16(25-2)6-4-14/h3-11H,12H2,1-2H3,(H2,20,21,24). The van der Waals surface area contributed by atoms with E-state index in [4.69, 9.17) is 4.74 Å². The van der Waals surface area contributed by atoms with Crippen LogP contribution in [0.5, 0.6) is 5.75 Å². The third-order valence-corrected chi connectivity index (χ3v) is 3.68. The number of nitrogens with zero attached hydrogens (tertiary/aromatic N) is 3. The first kappa shape index (κ1) is 16.5. The smallest absolute Gasteiger partial charge is 0.319 e. The lowest BCUT2D eigenvalue weighted by atomic mass is 10.2. The number of urea groups is 1. The van der Waals surface area contributed by atoms with Crippen LogP contribution in [-0.2, 0) is 13.6 Å². The van der Waals surface area contributed by atoms with Gasteiger partial charge in [-0.05, 0) is 42.5 Å². The summed E-state index contributed by atoms with van der Waals surface area (Å²) in [6, 6.07) is 12.6. The number of rotatable bonds is 5. The van der Waals surface area contributed by atoms with Crippen LogP contribution < -0.4 is 15.4 Å². The Kier molecular flexibility index (Phi) is 4.94. The highest BCUT2D eigenvalue weighted by Gasteiger charge is 2.09. The molecule has 7 heteroatoms. The Morgan fingerprint density at radius 3 is 2.56 bits per heavy atom. The van der Waals surface area contributed by atoms with E-state index >= 15 is 0 Å². The molecule has 1 aromatic carbocycles. The predicted octanol–water partition coefficient (Wildman–Crippen LogP) is 2.81. The maximum Gasteiger partial charge on any atom is 0.319 e. The van der Waals surface area contributed by atoms with Gasteiger partial charge in [-0.2, -0.15) is 5.10 Å². The molecule has 2 heterocycles. The lowest BCUT2D eigenvalue weighted by Gasteiger charge is -2.07. The third kappa shape index (κ3) is 4.14. The Morgan fingerprint density at radius 2 is 1.88 bits per heavy atom. The highest BCUT2D eigenvalue weighted by molar-refractivity contribution is 5.89. The largest absolute Gasteiger partial charge is 0.497 e. The van der Waals surface area contributed by atoms with E-state index in [2.05, 4.69) is 20.7 Å². The third-order valence-electron chi connectivity index (χ3n) is 3.68.